The summed E-state index contributed by atoms with van der Waals surface area (Å²) in [6.07, 6.45) is 9.74. The Kier molecular flexibility index (Phi) is 5.58. The molecule has 6 heteroatoms. The average Bonchev–Trinajstić information content (AvgIpc) is 2.58. The zero-order valence-corrected chi connectivity index (χ0v) is 13.2. The number of terminal acetylenes is 1. The fourth-order valence-electron chi connectivity index (χ4n) is 2.95. The van der Waals surface area contributed by atoms with Gasteiger partial charge < -0.3 is 9.64 Å². The van der Waals surface area contributed by atoms with Gasteiger partial charge in [-0.3, -0.25) is 14.9 Å². The topological polar surface area (TPSA) is 72.7 Å². The number of nitro benzene ring substituents is 1. The molecule has 122 valence electrons. The van der Waals surface area contributed by atoms with Crippen LogP contribution in [0.3, 0.4) is 0 Å². The Balaban J connectivity index is 2.24. The minimum absolute atomic E-state index is 0.0954. The monoisotopic (exact) mass is 316 g/mol. The van der Waals surface area contributed by atoms with Gasteiger partial charge in [0.25, 0.3) is 5.91 Å². The van der Waals surface area contributed by atoms with E-state index in [0.717, 1.165) is 25.7 Å². The predicted molar refractivity (Wildman–Crippen MR) is 86.4 cm³/mol. The number of methoxy groups -OCH3 is 1. The lowest BCUT2D eigenvalue weighted by Gasteiger charge is -2.35. The summed E-state index contributed by atoms with van der Waals surface area (Å²) < 4.78 is 5.04. The van der Waals surface area contributed by atoms with Crippen molar-refractivity contribution in [2.45, 2.75) is 38.1 Å². The molecule has 1 heterocycles. The van der Waals surface area contributed by atoms with Crippen molar-refractivity contribution < 1.29 is 14.5 Å². The lowest BCUT2D eigenvalue weighted by Crippen LogP contribution is -2.43. The number of benzene rings is 1. The molecule has 0 radical (unpaired) electrons. The number of nitrogens with zero attached hydrogens (tertiary/aromatic N) is 2. The molecule has 0 spiro atoms. The zero-order chi connectivity index (χ0) is 16.8. The first-order valence-electron chi connectivity index (χ1n) is 7.65. The van der Waals surface area contributed by atoms with E-state index in [2.05, 4.69) is 5.92 Å². The maximum Gasteiger partial charge on any atom is 0.310 e. The Hall–Kier alpha value is -2.55. The fourth-order valence-corrected chi connectivity index (χ4v) is 2.95. The second kappa shape index (κ2) is 7.63. The lowest BCUT2D eigenvalue weighted by atomic mass is 9.97. The summed E-state index contributed by atoms with van der Waals surface area (Å²) >= 11 is 0. The number of hydrogen-bond acceptors (Lipinski definition) is 4. The number of ether oxygens (including phenoxy) is 1. The SMILES string of the molecule is C#CCCC1CCCCN1C(=O)c1ccc([N+](=O)[O-])c(OC)c1. The standard InChI is InChI=1S/C17H20N2O4/c1-3-4-7-14-8-5-6-11-18(14)17(20)13-9-10-15(19(21)22)16(12-13)23-2/h1,9-10,12,14H,4-8,11H2,2H3. The van der Waals surface area contributed by atoms with Gasteiger partial charge in [0.15, 0.2) is 5.75 Å². The van der Waals surface area contributed by atoms with E-state index in [9.17, 15) is 14.9 Å². The van der Waals surface area contributed by atoms with Gasteiger partial charge in [-0.25, -0.2) is 0 Å². The minimum atomic E-state index is -0.524. The first kappa shape index (κ1) is 16.8. The molecule has 1 fully saturated rings. The molecule has 2 rings (SSSR count). The van der Waals surface area contributed by atoms with Crippen LogP contribution in [0.2, 0.25) is 0 Å². The highest BCUT2D eigenvalue weighted by molar-refractivity contribution is 5.95. The van der Waals surface area contributed by atoms with Crippen molar-refractivity contribution in [2.24, 2.45) is 0 Å². The van der Waals surface area contributed by atoms with Gasteiger partial charge in [-0.2, -0.15) is 0 Å². The number of carbonyl (C=O) groups is 1. The van der Waals surface area contributed by atoms with E-state index in [1.54, 1.807) is 0 Å². The van der Waals surface area contributed by atoms with E-state index < -0.39 is 4.92 Å². The Morgan fingerprint density at radius 1 is 1.52 bits per heavy atom. The zero-order valence-electron chi connectivity index (χ0n) is 13.2. The number of nitro groups is 1. The van der Waals surface area contributed by atoms with Crippen LogP contribution >= 0.6 is 0 Å². The molecule has 1 saturated heterocycles. The maximum atomic E-state index is 12.8. The molecule has 1 unspecified atom stereocenters. The highest BCUT2D eigenvalue weighted by Crippen LogP contribution is 2.29. The number of hydrogen-bond donors (Lipinski definition) is 0. The van der Waals surface area contributed by atoms with Gasteiger partial charge in [-0.15, -0.1) is 12.3 Å². The summed E-state index contributed by atoms with van der Waals surface area (Å²) in [7, 11) is 1.35. The van der Waals surface area contributed by atoms with Crippen LogP contribution in [-0.2, 0) is 0 Å². The smallest absolute Gasteiger partial charge is 0.310 e. The molecule has 6 nitrogen and oxygen atoms in total. The van der Waals surface area contributed by atoms with Crippen LogP contribution in [-0.4, -0.2) is 35.4 Å². The molecule has 1 aromatic rings. The molecule has 1 aromatic carbocycles. The lowest BCUT2D eigenvalue weighted by molar-refractivity contribution is -0.385. The van der Waals surface area contributed by atoms with Crippen molar-refractivity contribution in [3.8, 4) is 18.1 Å². The Bertz CT molecular complexity index is 636. The third-order valence-corrected chi connectivity index (χ3v) is 4.13. The van der Waals surface area contributed by atoms with Crippen molar-refractivity contribution in [2.75, 3.05) is 13.7 Å². The van der Waals surface area contributed by atoms with E-state index in [4.69, 9.17) is 11.2 Å². The Labute approximate surface area is 135 Å². The third-order valence-electron chi connectivity index (χ3n) is 4.13. The van der Waals surface area contributed by atoms with Crippen LogP contribution < -0.4 is 4.74 Å². The maximum absolute atomic E-state index is 12.8. The number of likely N-dealkylation sites (tertiary alicyclic amines) is 1. The van der Waals surface area contributed by atoms with Crippen LogP contribution in [0.1, 0.15) is 42.5 Å². The van der Waals surface area contributed by atoms with Crippen molar-refractivity contribution >= 4 is 11.6 Å². The quantitative estimate of drug-likeness (QED) is 0.475. The molecule has 1 atom stereocenters. The number of carbonyl (C=O) groups excluding carboxylic acids is 1. The predicted octanol–water partition coefficient (Wildman–Crippen LogP) is 3.01. The first-order valence-corrected chi connectivity index (χ1v) is 7.65. The summed E-state index contributed by atoms with van der Waals surface area (Å²) in [4.78, 5) is 25.0. The van der Waals surface area contributed by atoms with Gasteiger partial charge in [0.2, 0.25) is 0 Å². The van der Waals surface area contributed by atoms with Crippen LogP contribution in [0.25, 0.3) is 0 Å². The van der Waals surface area contributed by atoms with Gasteiger partial charge in [0, 0.05) is 36.7 Å². The number of piperidine rings is 1. The molecule has 1 aliphatic heterocycles. The Morgan fingerprint density at radius 2 is 2.30 bits per heavy atom. The van der Waals surface area contributed by atoms with Gasteiger partial charge >= 0.3 is 5.69 Å². The normalized spacial score (nSPS) is 17.4. The summed E-state index contributed by atoms with van der Waals surface area (Å²) in [5, 5.41) is 10.9. The molecule has 0 saturated carbocycles. The second-order valence-corrected chi connectivity index (χ2v) is 5.53. The molecular formula is C17H20N2O4. The number of amides is 1. The van der Waals surface area contributed by atoms with E-state index in [1.807, 2.05) is 4.90 Å². The molecule has 1 aliphatic rings. The molecule has 0 aromatic heterocycles. The van der Waals surface area contributed by atoms with E-state index >= 15 is 0 Å². The van der Waals surface area contributed by atoms with Crippen LogP contribution in [0.15, 0.2) is 18.2 Å². The van der Waals surface area contributed by atoms with Crippen LogP contribution in [0, 0.1) is 22.5 Å². The summed E-state index contributed by atoms with van der Waals surface area (Å²) in [5.41, 5.74) is 0.256. The molecule has 1 amide bonds. The molecule has 0 aliphatic carbocycles. The van der Waals surface area contributed by atoms with Crippen LogP contribution in [0.4, 0.5) is 5.69 Å². The van der Waals surface area contributed by atoms with E-state index in [-0.39, 0.29) is 23.4 Å². The van der Waals surface area contributed by atoms with Gasteiger partial charge in [0.05, 0.1) is 12.0 Å². The largest absolute Gasteiger partial charge is 0.490 e. The molecule has 0 bridgehead atoms. The van der Waals surface area contributed by atoms with E-state index in [0.29, 0.717) is 18.5 Å². The molecular weight excluding hydrogens is 296 g/mol. The number of rotatable bonds is 5. The Morgan fingerprint density at radius 3 is 2.96 bits per heavy atom. The highest BCUT2D eigenvalue weighted by Gasteiger charge is 2.28. The molecule has 0 N–H and O–H groups in total. The highest BCUT2D eigenvalue weighted by atomic mass is 16.6. The minimum Gasteiger partial charge on any atom is -0.490 e. The van der Waals surface area contributed by atoms with Crippen molar-refractivity contribution in [1.29, 1.82) is 0 Å². The van der Waals surface area contributed by atoms with E-state index in [1.165, 1.54) is 25.3 Å². The van der Waals surface area contributed by atoms with Crippen molar-refractivity contribution in [3.05, 3.63) is 33.9 Å². The summed E-state index contributed by atoms with van der Waals surface area (Å²) in [6, 6.07) is 4.36. The summed E-state index contributed by atoms with van der Waals surface area (Å²) in [6.45, 7) is 0.688. The average molecular weight is 316 g/mol. The van der Waals surface area contributed by atoms with Crippen molar-refractivity contribution in [1.82, 2.24) is 4.90 Å². The van der Waals surface area contributed by atoms with Crippen LogP contribution in [0.5, 0.6) is 5.75 Å². The van der Waals surface area contributed by atoms with Gasteiger partial charge in [-0.05, 0) is 31.7 Å². The molecule has 23 heavy (non-hydrogen) atoms. The van der Waals surface area contributed by atoms with Gasteiger partial charge in [-0.1, -0.05) is 0 Å². The third kappa shape index (κ3) is 3.81. The first-order chi connectivity index (χ1) is 11.1. The second-order valence-electron chi connectivity index (χ2n) is 5.53. The van der Waals surface area contributed by atoms with Crippen molar-refractivity contribution in [3.63, 3.8) is 0 Å². The van der Waals surface area contributed by atoms with Gasteiger partial charge in [0.1, 0.15) is 0 Å². The summed E-state index contributed by atoms with van der Waals surface area (Å²) in [5.74, 6) is 2.59. The fraction of sp³-hybridized carbons (Fsp3) is 0.471.